The third-order valence-corrected chi connectivity index (χ3v) is 3.05. The maximum Gasteiger partial charge on any atom is 0.229 e. The second-order valence-electron chi connectivity index (χ2n) is 3.28. The van der Waals surface area contributed by atoms with Gasteiger partial charge in [-0.05, 0) is 34.2 Å². The molecule has 1 aliphatic rings. The summed E-state index contributed by atoms with van der Waals surface area (Å²) in [5, 5.41) is 0.138. The lowest BCUT2D eigenvalue weighted by molar-refractivity contribution is -0.117. The van der Waals surface area contributed by atoms with Crippen LogP contribution in [-0.2, 0) is 4.79 Å². The molecule has 1 aromatic heterocycles. The Balaban J connectivity index is 2.37. The van der Waals surface area contributed by atoms with Gasteiger partial charge in [0, 0.05) is 25.2 Å². The van der Waals surface area contributed by atoms with Crippen molar-refractivity contribution < 1.29 is 4.79 Å². The van der Waals surface area contributed by atoms with Crippen molar-refractivity contribution in [3.8, 4) is 0 Å². The maximum absolute atomic E-state index is 11.6. The molecule has 1 unspecified atom stereocenters. The minimum atomic E-state index is -0.123. The first-order valence-corrected chi connectivity index (χ1v) is 5.77. The number of aromatic nitrogens is 2. The van der Waals surface area contributed by atoms with E-state index in [1.807, 2.05) is 0 Å². The van der Waals surface area contributed by atoms with Crippen molar-refractivity contribution in [3.05, 3.63) is 15.1 Å². The van der Waals surface area contributed by atoms with Crippen molar-refractivity contribution in [1.82, 2.24) is 9.97 Å². The summed E-state index contributed by atoms with van der Waals surface area (Å²) in [6.45, 7) is 0.488. The Morgan fingerprint density at radius 2 is 2.40 bits per heavy atom. The van der Waals surface area contributed by atoms with Crippen LogP contribution in [0.2, 0.25) is 5.28 Å². The van der Waals surface area contributed by atoms with E-state index in [1.165, 1.54) is 0 Å². The van der Waals surface area contributed by atoms with E-state index in [9.17, 15) is 4.79 Å². The molecule has 0 radical (unpaired) electrons. The lowest BCUT2D eigenvalue weighted by Crippen LogP contribution is -2.29. The molecule has 15 heavy (non-hydrogen) atoms. The molecular formula is C8H8ClIN4O. The van der Waals surface area contributed by atoms with Crippen LogP contribution in [0.25, 0.3) is 0 Å². The first kappa shape index (κ1) is 11.0. The van der Waals surface area contributed by atoms with Crippen LogP contribution in [0.15, 0.2) is 6.20 Å². The largest absolute Gasteiger partial charge is 0.326 e. The Hall–Kier alpha value is -0.470. The molecule has 2 heterocycles. The molecule has 1 aliphatic heterocycles. The van der Waals surface area contributed by atoms with Gasteiger partial charge in [0.1, 0.15) is 0 Å². The third-order valence-electron chi connectivity index (χ3n) is 2.11. The van der Waals surface area contributed by atoms with E-state index in [0.717, 1.165) is 3.57 Å². The molecular weight excluding hydrogens is 330 g/mol. The molecule has 2 rings (SSSR count). The van der Waals surface area contributed by atoms with Gasteiger partial charge >= 0.3 is 0 Å². The molecule has 7 heteroatoms. The topological polar surface area (TPSA) is 72.1 Å². The van der Waals surface area contributed by atoms with Gasteiger partial charge in [0.25, 0.3) is 0 Å². The number of hydrogen-bond acceptors (Lipinski definition) is 4. The van der Waals surface area contributed by atoms with Crippen molar-refractivity contribution in [1.29, 1.82) is 0 Å². The smallest absolute Gasteiger partial charge is 0.229 e. The third kappa shape index (κ3) is 2.21. The molecule has 0 saturated carbocycles. The predicted molar refractivity (Wildman–Crippen MR) is 64.7 cm³/mol. The van der Waals surface area contributed by atoms with Crippen LogP contribution in [0.1, 0.15) is 6.42 Å². The number of halogens is 2. The van der Waals surface area contributed by atoms with Gasteiger partial charge in [-0.1, -0.05) is 0 Å². The second-order valence-corrected chi connectivity index (χ2v) is 4.78. The highest BCUT2D eigenvalue weighted by molar-refractivity contribution is 14.1. The average Bonchev–Trinajstić information content (AvgIpc) is 2.50. The van der Waals surface area contributed by atoms with Crippen LogP contribution in [0.5, 0.6) is 0 Å². The lowest BCUT2D eigenvalue weighted by atomic mass is 10.3. The van der Waals surface area contributed by atoms with E-state index in [4.69, 9.17) is 17.3 Å². The highest BCUT2D eigenvalue weighted by Crippen LogP contribution is 2.24. The molecule has 0 aliphatic carbocycles. The van der Waals surface area contributed by atoms with Crippen molar-refractivity contribution in [2.45, 2.75) is 12.5 Å². The van der Waals surface area contributed by atoms with Gasteiger partial charge in [-0.15, -0.1) is 0 Å². The molecule has 2 N–H and O–H groups in total. The van der Waals surface area contributed by atoms with Gasteiger partial charge < -0.3 is 5.73 Å². The first-order valence-electron chi connectivity index (χ1n) is 4.32. The Labute approximate surface area is 105 Å². The molecule has 80 valence electrons. The Bertz CT molecular complexity index is 414. The summed E-state index contributed by atoms with van der Waals surface area (Å²) in [4.78, 5) is 21.0. The van der Waals surface area contributed by atoms with E-state index in [2.05, 4.69) is 32.6 Å². The highest BCUT2D eigenvalue weighted by Gasteiger charge is 2.30. The molecule has 1 fully saturated rings. The Kier molecular flexibility index (Phi) is 3.08. The fourth-order valence-corrected chi connectivity index (χ4v) is 2.15. The fourth-order valence-electron chi connectivity index (χ4n) is 1.47. The minimum absolute atomic E-state index is 0.0183. The van der Waals surface area contributed by atoms with Crippen LogP contribution in [0.3, 0.4) is 0 Å². The summed E-state index contributed by atoms with van der Waals surface area (Å²) in [7, 11) is 0. The van der Waals surface area contributed by atoms with Gasteiger partial charge in [-0.2, -0.15) is 4.98 Å². The lowest BCUT2D eigenvalue weighted by Gasteiger charge is -2.15. The van der Waals surface area contributed by atoms with E-state index < -0.39 is 0 Å². The Morgan fingerprint density at radius 3 is 3.00 bits per heavy atom. The summed E-state index contributed by atoms with van der Waals surface area (Å²) in [5.41, 5.74) is 5.70. The number of rotatable bonds is 1. The summed E-state index contributed by atoms with van der Waals surface area (Å²) in [6.07, 6.45) is 1.94. The van der Waals surface area contributed by atoms with Crippen molar-refractivity contribution in [3.63, 3.8) is 0 Å². The monoisotopic (exact) mass is 338 g/mol. The average molecular weight is 339 g/mol. The second kappa shape index (κ2) is 4.18. The minimum Gasteiger partial charge on any atom is -0.326 e. The van der Waals surface area contributed by atoms with Crippen molar-refractivity contribution in [2.24, 2.45) is 5.73 Å². The highest BCUT2D eigenvalue weighted by atomic mass is 127. The number of hydrogen-bond donors (Lipinski definition) is 1. The summed E-state index contributed by atoms with van der Waals surface area (Å²) in [6, 6.07) is -0.123. The molecule has 1 aromatic rings. The summed E-state index contributed by atoms with van der Waals surface area (Å²) in [5.74, 6) is 0.531. The molecule has 1 saturated heterocycles. The van der Waals surface area contributed by atoms with Crippen LogP contribution < -0.4 is 10.6 Å². The standard InChI is InChI=1S/C8H8ClIN4O/c9-8-12-2-5(10)7(13-8)14-3-4(11)1-6(14)15/h2,4H,1,3,11H2. The zero-order valence-corrected chi connectivity index (χ0v) is 10.6. The number of carbonyl (C=O) groups excluding carboxylic acids is 1. The molecule has 0 spiro atoms. The number of carbonyl (C=O) groups is 1. The molecule has 0 aromatic carbocycles. The van der Waals surface area contributed by atoms with E-state index >= 15 is 0 Å². The van der Waals surface area contributed by atoms with Gasteiger partial charge in [-0.25, -0.2) is 4.98 Å². The quantitative estimate of drug-likeness (QED) is 0.607. The van der Waals surface area contributed by atoms with Gasteiger partial charge in [0.2, 0.25) is 11.2 Å². The summed E-state index contributed by atoms with van der Waals surface area (Å²) >= 11 is 7.75. The predicted octanol–water partition coefficient (Wildman–Crippen LogP) is 0.799. The van der Waals surface area contributed by atoms with Gasteiger partial charge in [-0.3, -0.25) is 9.69 Å². The number of nitrogens with two attached hydrogens (primary N) is 1. The molecule has 1 amide bonds. The molecule has 1 atom stereocenters. The van der Waals surface area contributed by atoms with Crippen LogP contribution in [0, 0.1) is 3.57 Å². The van der Waals surface area contributed by atoms with Crippen LogP contribution in [0.4, 0.5) is 5.82 Å². The zero-order chi connectivity index (χ0) is 11.0. The maximum atomic E-state index is 11.6. The zero-order valence-electron chi connectivity index (χ0n) is 7.65. The normalized spacial score (nSPS) is 21.1. The van der Waals surface area contributed by atoms with Crippen molar-refractivity contribution in [2.75, 3.05) is 11.4 Å². The number of nitrogens with zero attached hydrogens (tertiary/aromatic N) is 3. The van der Waals surface area contributed by atoms with Gasteiger partial charge in [0.05, 0.1) is 3.57 Å². The van der Waals surface area contributed by atoms with Crippen LogP contribution in [-0.4, -0.2) is 28.5 Å². The number of amides is 1. The van der Waals surface area contributed by atoms with E-state index in [1.54, 1.807) is 11.1 Å². The SMILES string of the molecule is NC1CC(=O)N(c2nc(Cl)ncc2I)C1. The first-order chi connectivity index (χ1) is 7.08. The van der Waals surface area contributed by atoms with Crippen molar-refractivity contribution >= 4 is 45.9 Å². The fraction of sp³-hybridized carbons (Fsp3) is 0.375. The van der Waals surface area contributed by atoms with E-state index in [0.29, 0.717) is 18.8 Å². The van der Waals surface area contributed by atoms with E-state index in [-0.39, 0.29) is 17.2 Å². The molecule has 0 bridgehead atoms. The summed E-state index contributed by atoms with van der Waals surface area (Å²) < 4.78 is 0.791. The molecule has 5 nitrogen and oxygen atoms in total. The van der Waals surface area contributed by atoms with Gasteiger partial charge in [0.15, 0.2) is 5.82 Å². The van der Waals surface area contributed by atoms with Crippen LogP contribution >= 0.6 is 34.2 Å². The number of anilines is 1. The Morgan fingerprint density at radius 1 is 1.67 bits per heavy atom.